The van der Waals surface area contributed by atoms with Gasteiger partial charge in [-0.05, 0) is 31.2 Å². The molecule has 3 heterocycles. The Labute approximate surface area is 109 Å². The molecule has 7 heteroatoms. The number of carboxylic acid groups (broad SMARTS) is 1. The van der Waals surface area contributed by atoms with Crippen LogP contribution in [0.15, 0.2) is 12.5 Å². The van der Waals surface area contributed by atoms with Crippen molar-refractivity contribution in [3.8, 4) is 0 Å². The summed E-state index contributed by atoms with van der Waals surface area (Å²) in [6.45, 7) is 3.12. The summed E-state index contributed by atoms with van der Waals surface area (Å²) in [4.78, 5) is 20.8. The third kappa shape index (κ3) is 2.11. The van der Waals surface area contributed by atoms with E-state index in [0.29, 0.717) is 24.8 Å². The third-order valence-electron chi connectivity index (χ3n) is 3.71. The van der Waals surface area contributed by atoms with Gasteiger partial charge in [0.1, 0.15) is 6.33 Å². The molecule has 3 rings (SSSR count). The number of likely N-dealkylation sites (tertiary alicyclic amines) is 1. The van der Waals surface area contributed by atoms with Gasteiger partial charge in [-0.2, -0.15) is 10.1 Å². The molecule has 7 nitrogen and oxygen atoms in total. The lowest BCUT2D eigenvalue weighted by Crippen LogP contribution is -2.37. The molecule has 1 fully saturated rings. The van der Waals surface area contributed by atoms with Crippen LogP contribution < -0.4 is 0 Å². The number of fused-ring (bicyclic) bond motifs is 1. The average molecular weight is 261 g/mol. The van der Waals surface area contributed by atoms with Crippen LogP contribution in [0.3, 0.4) is 0 Å². The molecule has 2 aromatic heterocycles. The second kappa shape index (κ2) is 4.49. The summed E-state index contributed by atoms with van der Waals surface area (Å²) >= 11 is 0. The number of rotatable bonds is 1. The van der Waals surface area contributed by atoms with Crippen LogP contribution in [0, 0.1) is 6.92 Å². The van der Waals surface area contributed by atoms with Crippen molar-refractivity contribution < 1.29 is 9.90 Å². The molecule has 2 aromatic rings. The normalized spacial score (nSPS) is 17.0. The molecule has 0 unspecified atom stereocenters. The van der Waals surface area contributed by atoms with Crippen LogP contribution in [0.5, 0.6) is 0 Å². The Morgan fingerprint density at radius 1 is 1.42 bits per heavy atom. The van der Waals surface area contributed by atoms with Crippen molar-refractivity contribution in [3.63, 3.8) is 0 Å². The molecule has 0 saturated carbocycles. The zero-order valence-corrected chi connectivity index (χ0v) is 10.7. The van der Waals surface area contributed by atoms with E-state index in [1.807, 2.05) is 13.1 Å². The maximum Gasteiger partial charge on any atom is 0.407 e. The number of nitrogens with zero attached hydrogens (tertiary/aromatic N) is 5. The zero-order valence-electron chi connectivity index (χ0n) is 10.7. The maximum atomic E-state index is 10.9. The van der Waals surface area contributed by atoms with Gasteiger partial charge < -0.3 is 10.0 Å². The molecule has 0 spiro atoms. The molecule has 0 radical (unpaired) electrons. The van der Waals surface area contributed by atoms with Crippen LogP contribution in [0.2, 0.25) is 0 Å². The molecule has 1 N–H and O–H groups in total. The second-order valence-electron chi connectivity index (χ2n) is 4.83. The topological polar surface area (TPSA) is 83.6 Å². The van der Waals surface area contributed by atoms with Crippen molar-refractivity contribution in [3.05, 3.63) is 23.8 Å². The maximum absolute atomic E-state index is 10.9. The Morgan fingerprint density at radius 2 is 2.16 bits per heavy atom. The minimum absolute atomic E-state index is 0.344. The Morgan fingerprint density at radius 3 is 2.84 bits per heavy atom. The van der Waals surface area contributed by atoms with E-state index < -0.39 is 6.09 Å². The lowest BCUT2D eigenvalue weighted by atomic mass is 9.89. The van der Waals surface area contributed by atoms with Gasteiger partial charge in [-0.25, -0.2) is 14.3 Å². The fourth-order valence-corrected chi connectivity index (χ4v) is 2.64. The first-order valence-electron chi connectivity index (χ1n) is 6.30. The zero-order chi connectivity index (χ0) is 13.4. The summed E-state index contributed by atoms with van der Waals surface area (Å²) in [5, 5.41) is 13.1. The lowest BCUT2D eigenvalue weighted by molar-refractivity contribution is 0.132. The predicted molar refractivity (Wildman–Crippen MR) is 67.1 cm³/mol. The fraction of sp³-hybridized carbons (Fsp3) is 0.500. The van der Waals surface area contributed by atoms with Crippen LogP contribution in [0.25, 0.3) is 5.78 Å². The van der Waals surface area contributed by atoms with E-state index in [2.05, 4.69) is 15.1 Å². The molecule has 1 amide bonds. The van der Waals surface area contributed by atoms with Crippen LogP contribution in [-0.4, -0.2) is 48.8 Å². The molecule has 1 aliphatic rings. The van der Waals surface area contributed by atoms with Gasteiger partial charge in [0.05, 0.1) is 0 Å². The van der Waals surface area contributed by atoms with Gasteiger partial charge in [-0.3, -0.25) is 0 Å². The summed E-state index contributed by atoms with van der Waals surface area (Å²) in [7, 11) is 0. The van der Waals surface area contributed by atoms with E-state index in [1.54, 1.807) is 4.52 Å². The van der Waals surface area contributed by atoms with Gasteiger partial charge in [-0.1, -0.05) is 0 Å². The number of aromatic nitrogens is 4. The molecular weight excluding hydrogens is 246 g/mol. The molecule has 19 heavy (non-hydrogen) atoms. The molecule has 100 valence electrons. The quantitative estimate of drug-likeness (QED) is 0.836. The Bertz CT molecular complexity index is 616. The summed E-state index contributed by atoms with van der Waals surface area (Å²) in [6.07, 6.45) is 4.27. The van der Waals surface area contributed by atoms with Gasteiger partial charge in [0.15, 0.2) is 0 Å². The number of carbonyl (C=O) groups is 1. The minimum Gasteiger partial charge on any atom is -0.465 e. The molecule has 0 aromatic carbocycles. The molecule has 0 aliphatic carbocycles. The molecular formula is C12H15N5O2. The van der Waals surface area contributed by atoms with Crippen molar-refractivity contribution in [2.75, 3.05) is 13.1 Å². The number of amides is 1. The van der Waals surface area contributed by atoms with Crippen LogP contribution in [0.4, 0.5) is 4.79 Å². The third-order valence-corrected chi connectivity index (χ3v) is 3.71. The van der Waals surface area contributed by atoms with Gasteiger partial charge in [-0.15, -0.1) is 0 Å². The van der Waals surface area contributed by atoms with E-state index >= 15 is 0 Å². The summed E-state index contributed by atoms with van der Waals surface area (Å²) in [5.74, 6) is 0.945. The highest BCUT2D eigenvalue weighted by atomic mass is 16.4. The monoisotopic (exact) mass is 261 g/mol. The summed E-state index contributed by atoms with van der Waals surface area (Å²) < 4.78 is 1.67. The van der Waals surface area contributed by atoms with Crippen molar-refractivity contribution in [2.45, 2.75) is 25.7 Å². The number of hydrogen-bond acceptors (Lipinski definition) is 4. The van der Waals surface area contributed by atoms with Crippen LogP contribution in [0.1, 0.15) is 30.0 Å². The summed E-state index contributed by atoms with van der Waals surface area (Å²) in [5.41, 5.74) is 2.09. The Hall–Kier alpha value is -2.18. The van der Waals surface area contributed by atoms with Crippen molar-refractivity contribution in [1.29, 1.82) is 0 Å². The molecule has 0 bridgehead atoms. The van der Waals surface area contributed by atoms with E-state index in [-0.39, 0.29) is 0 Å². The number of hydrogen-bond donors (Lipinski definition) is 1. The van der Waals surface area contributed by atoms with Gasteiger partial charge in [0.25, 0.3) is 5.78 Å². The highest BCUT2D eigenvalue weighted by Gasteiger charge is 2.25. The largest absolute Gasteiger partial charge is 0.465 e. The molecule has 0 atom stereocenters. The van der Waals surface area contributed by atoms with Crippen molar-refractivity contribution in [2.24, 2.45) is 0 Å². The highest BCUT2D eigenvalue weighted by molar-refractivity contribution is 5.65. The highest BCUT2D eigenvalue weighted by Crippen LogP contribution is 2.29. The minimum atomic E-state index is -0.833. The van der Waals surface area contributed by atoms with E-state index in [0.717, 1.165) is 24.1 Å². The first-order valence-corrected chi connectivity index (χ1v) is 6.30. The van der Waals surface area contributed by atoms with Crippen LogP contribution >= 0.6 is 0 Å². The average Bonchev–Trinajstić information content (AvgIpc) is 2.85. The Balaban J connectivity index is 1.85. The lowest BCUT2D eigenvalue weighted by Gasteiger charge is -2.30. The fourth-order valence-electron chi connectivity index (χ4n) is 2.64. The van der Waals surface area contributed by atoms with E-state index in [4.69, 9.17) is 5.11 Å². The standard InChI is InChI=1S/C12H15N5O2/c1-8-10(6-17-11(15-8)13-7-14-17)9-2-4-16(5-3-9)12(18)19/h6-7,9H,2-5H2,1H3,(H,18,19). The number of aryl methyl sites for hydroxylation is 1. The smallest absolute Gasteiger partial charge is 0.407 e. The first kappa shape index (κ1) is 11.9. The summed E-state index contributed by atoms with van der Waals surface area (Å²) in [6, 6.07) is 0. The van der Waals surface area contributed by atoms with Gasteiger partial charge >= 0.3 is 6.09 Å². The van der Waals surface area contributed by atoms with Crippen LogP contribution in [-0.2, 0) is 0 Å². The second-order valence-corrected chi connectivity index (χ2v) is 4.83. The molecule has 1 saturated heterocycles. The molecule has 1 aliphatic heterocycles. The number of piperidine rings is 1. The van der Waals surface area contributed by atoms with Crippen molar-refractivity contribution >= 4 is 11.9 Å². The Kier molecular flexibility index (Phi) is 2.81. The SMILES string of the molecule is Cc1nc2ncnn2cc1C1CCN(C(=O)O)CC1. The first-order chi connectivity index (χ1) is 9.15. The van der Waals surface area contributed by atoms with Gasteiger partial charge in [0, 0.05) is 25.0 Å². The predicted octanol–water partition coefficient (Wildman–Crippen LogP) is 1.29. The van der Waals surface area contributed by atoms with Crippen molar-refractivity contribution in [1.82, 2.24) is 24.5 Å². The van der Waals surface area contributed by atoms with E-state index in [1.165, 1.54) is 11.2 Å². The van der Waals surface area contributed by atoms with E-state index in [9.17, 15) is 4.79 Å². The van der Waals surface area contributed by atoms with Gasteiger partial charge in [0.2, 0.25) is 0 Å².